The molecular formula is C20H16O2. The fourth-order valence-corrected chi connectivity index (χ4v) is 2.60. The molecule has 2 nitrogen and oxygen atoms in total. The molecule has 3 aromatic carbocycles. The number of hydrogen-bond donors (Lipinski definition) is 0. The summed E-state index contributed by atoms with van der Waals surface area (Å²) >= 11 is 0. The molecule has 0 fully saturated rings. The van der Waals surface area contributed by atoms with Crippen molar-refractivity contribution >= 4 is 22.3 Å². The Kier molecular flexibility index (Phi) is 4.10. The summed E-state index contributed by atoms with van der Waals surface area (Å²) < 4.78 is 0. The molecule has 0 bridgehead atoms. The Labute approximate surface area is 129 Å². The second-order valence-corrected chi connectivity index (χ2v) is 5.24. The summed E-state index contributed by atoms with van der Waals surface area (Å²) in [5.41, 5.74) is 1.35. The Morgan fingerprint density at radius 3 is 2.09 bits per heavy atom. The molecule has 0 spiro atoms. The molecule has 22 heavy (non-hydrogen) atoms. The van der Waals surface area contributed by atoms with Crippen LogP contribution >= 0.6 is 0 Å². The van der Waals surface area contributed by atoms with Crippen molar-refractivity contribution in [2.45, 2.75) is 12.8 Å². The molecule has 0 aromatic heterocycles. The van der Waals surface area contributed by atoms with Crippen LogP contribution in [0.1, 0.15) is 33.6 Å². The van der Waals surface area contributed by atoms with E-state index < -0.39 is 0 Å². The van der Waals surface area contributed by atoms with E-state index in [2.05, 4.69) is 0 Å². The third-order valence-electron chi connectivity index (χ3n) is 3.76. The van der Waals surface area contributed by atoms with E-state index >= 15 is 0 Å². The van der Waals surface area contributed by atoms with Gasteiger partial charge in [-0.3, -0.25) is 9.59 Å². The molecule has 0 heterocycles. The first-order valence-corrected chi connectivity index (χ1v) is 7.35. The molecular weight excluding hydrogens is 272 g/mol. The number of hydrogen-bond acceptors (Lipinski definition) is 2. The number of carbonyl (C=O) groups excluding carboxylic acids is 2. The molecule has 0 saturated heterocycles. The van der Waals surface area contributed by atoms with Gasteiger partial charge in [0.05, 0.1) is 0 Å². The first kappa shape index (κ1) is 14.2. The van der Waals surface area contributed by atoms with Gasteiger partial charge in [-0.2, -0.15) is 0 Å². The molecule has 0 N–H and O–H groups in total. The zero-order chi connectivity index (χ0) is 15.4. The van der Waals surface area contributed by atoms with E-state index in [9.17, 15) is 9.59 Å². The second-order valence-electron chi connectivity index (χ2n) is 5.24. The number of Topliss-reactive ketones (excluding diaryl/α,β-unsaturated/α-hetero) is 2. The highest BCUT2D eigenvalue weighted by Crippen LogP contribution is 2.20. The number of ketones is 2. The first-order chi connectivity index (χ1) is 10.8. The largest absolute Gasteiger partial charge is 0.294 e. The topological polar surface area (TPSA) is 34.1 Å². The van der Waals surface area contributed by atoms with E-state index in [1.54, 1.807) is 12.1 Å². The third-order valence-corrected chi connectivity index (χ3v) is 3.76. The van der Waals surface area contributed by atoms with Crippen LogP contribution in [0.15, 0.2) is 72.8 Å². The van der Waals surface area contributed by atoms with Crippen molar-refractivity contribution in [1.82, 2.24) is 0 Å². The Hall–Kier alpha value is -2.74. The van der Waals surface area contributed by atoms with Crippen molar-refractivity contribution in [3.8, 4) is 0 Å². The zero-order valence-electron chi connectivity index (χ0n) is 12.2. The first-order valence-electron chi connectivity index (χ1n) is 7.35. The maximum atomic E-state index is 12.4. The van der Waals surface area contributed by atoms with Gasteiger partial charge in [-0.15, -0.1) is 0 Å². The maximum Gasteiger partial charge on any atom is 0.163 e. The third kappa shape index (κ3) is 2.96. The van der Waals surface area contributed by atoms with Crippen LogP contribution in [0, 0.1) is 0 Å². The summed E-state index contributed by atoms with van der Waals surface area (Å²) in [5, 5.41) is 1.99. The summed E-state index contributed by atoms with van der Waals surface area (Å²) in [4.78, 5) is 24.5. The molecule has 3 rings (SSSR count). The summed E-state index contributed by atoms with van der Waals surface area (Å²) in [6, 6.07) is 22.6. The van der Waals surface area contributed by atoms with Gasteiger partial charge in [-0.05, 0) is 10.8 Å². The average molecular weight is 288 g/mol. The van der Waals surface area contributed by atoms with Gasteiger partial charge in [0, 0.05) is 24.0 Å². The van der Waals surface area contributed by atoms with Crippen LogP contribution < -0.4 is 0 Å². The minimum Gasteiger partial charge on any atom is -0.294 e. The van der Waals surface area contributed by atoms with Gasteiger partial charge in [0.2, 0.25) is 0 Å². The predicted octanol–water partition coefficient (Wildman–Crippen LogP) is 4.69. The van der Waals surface area contributed by atoms with E-state index in [0.29, 0.717) is 11.1 Å². The van der Waals surface area contributed by atoms with Crippen LogP contribution in [0.3, 0.4) is 0 Å². The quantitative estimate of drug-likeness (QED) is 0.638. The lowest BCUT2D eigenvalue weighted by molar-refractivity contribution is 0.0918. The van der Waals surface area contributed by atoms with E-state index in [4.69, 9.17) is 0 Å². The van der Waals surface area contributed by atoms with Gasteiger partial charge in [0.25, 0.3) is 0 Å². The highest BCUT2D eigenvalue weighted by atomic mass is 16.1. The van der Waals surface area contributed by atoms with E-state index in [1.807, 2.05) is 60.7 Å². The van der Waals surface area contributed by atoms with E-state index in [0.717, 1.165) is 10.8 Å². The van der Waals surface area contributed by atoms with Gasteiger partial charge in [0.15, 0.2) is 11.6 Å². The van der Waals surface area contributed by atoms with Crippen molar-refractivity contribution in [2.75, 3.05) is 0 Å². The number of fused-ring (bicyclic) bond motifs is 1. The fourth-order valence-electron chi connectivity index (χ4n) is 2.60. The second kappa shape index (κ2) is 6.35. The lowest BCUT2D eigenvalue weighted by Crippen LogP contribution is -2.05. The summed E-state index contributed by atoms with van der Waals surface area (Å²) in [6.45, 7) is 0. The van der Waals surface area contributed by atoms with Crippen molar-refractivity contribution in [3.63, 3.8) is 0 Å². The normalized spacial score (nSPS) is 10.5. The SMILES string of the molecule is O=C(CCC(=O)c1cccc2ccccc12)c1ccccc1. The highest BCUT2D eigenvalue weighted by molar-refractivity contribution is 6.09. The van der Waals surface area contributed by atoms with Crippen LogP contribution in [0.2, 0.25) is 0 Å². The van der Waals surface area contributed by atoms with Crippen LogP contribution in [0.4, 0.5) is 0 Å². The molecule has 0 aliphatic carbocycles. The minimum atomic E-state index is 0.00851. The predicted molar refractivity (Wildman–Crippen MR) is 88.3 cm³/mol. The van der Waals surface area contributed by atoms with Gasteiger partial charge >= 0.3 is 0 Å². The van der Waals surface area contributed by atoms with Crippen LogP contribution in [-0.4, -0.2) is 11.6 Å². The van der Waals surface area contributed by atoms with Crippen LogP contribution in [0.5, 0.6) is 0 Å². The van der Waals surface area contributed by atoms with Crippen molar-refractivity contribution in [1.29, 1.82) is 0 Å². The molecule has 2 heteroatoms. The van der Waals surface area contributed by atoms with Gasteiger partial charge < -0.3 is 0 Å². The highest BCUT2D eigenvalue weighted by Gasteiger charge is 2.12. The van der Waals surface area contributed by atoms with Crippen molar-refractivity contribution < 1.29 is 9.59 Å². The molecule has 0 aliphatic heterocycles. The van der Waals surface area contributed by atoms with Crippen LogP contribution in [-0.2, 0) is 0 Å². The number of benzene rings is 3. The minimum absolute atomic E-state index is 0.00851. The lowest BCUT2D eigenvalue weighted by Gasteiger charge is -2.05. The van der Waals surface area contributed by atoms with E-state index in [1.165, 1.54) is 0 Å². The fraction of sp³-hybridized carbons (Fsp3) is 0.100. The maximum absolute atomic E-state index is 12.4. The lowest BCUT2D eigenvalue weighted by atomic mass is 9.97. The smallest absolute Gasteiger partial charge is 0.163 e. The van der Waals surface area contributed by atoms with Gasteiger partial charge in [-0.1, -0.05) is 72.8 Å². The number of carbonyl (C=O) groups is 2. The van der Waals surface area contributed by atoms with E-state index in [-0.39, 0.29) is 24.4 Å². The van der Waals surface area contributed by atoms with Crippen molar-refractivity contribution in [2.24, 2.45) is 0 Å². The molecule has 3 aromatic rings. The zero-order valence-corrected chi connectivity index (χ0v) is 12.2. The molecule has 0 saturated carbocycles. The Morgan fingerprint density at radius 1 is 0.636 bits per heavy atom. The Bertz CT molecular complexity index is 814. The monoisotopic (exact) mass is 288 g/mol. The summed E-state index contributed by atoms with van der Waals surface area (Å²) in [7, 11) is 0. The average Bonchev–Trinajstić information content (AvgIpc) is 2.59. The molecule has 0 radical (unpaired) electrons. The molecule has 0 unspecified atom stereocenters. The molecule has 0 amide bonds. The van der Waals surface area contributed by atoms with Crippen LogP contribution in [0.25, 0.3) is 10.8 Å². The summed E-state index contributed by atoms with van der Waals surface area (Å²) in [6.07, 6.45) is 0.480. The molecule has 108 valence electrons. The Morgan fingerprint density at radius 2 is 1.27 bits per heavy atom. The Balaban J connectivity index is 1.76. The van der Waals surface area contributed by atoms with Crippen molar-refractivity contribution in [3.05, 3.63) is 83.9 Å². The molecule has 0 aliphatic rings. The standard InChI is InChI=1S/C20H16O2/c21-19(16-8-2-1-3-9-16)13-14-20(22)18-12-6-10-15-7-4-5-11-17(15)18/h1-12H,13-14H2. The summed E-state index contributed by atoms with van der Waals surface area (Å²) in [5.74, 6) is 0.0234. The van der Waals surface area contributed by atoms with Gasteiger partial charge in [0.1, 0.15) is 0 Å². The molecule has 0 atom stereocenters. The number of rotatable bonds is 5. The van der Waals surface area contributed by atoms with Gasteiger partial charge in [-0.25, -0.2) is 0 Å².